The van der Waals surface area contributed by atoms with E-state index in [1.807, 2.05) is 25.8 Å². The molecule has 1 saturated heterocycles. The molecule has 5 heteroatoms. The van der Waals surface area contributed by atoms with Crippen LogP contribution >= 0.6 is 0 Å². The van der Waals surface area contributed by atoms with Crippen LogP contribution in [-0.2, 0) is 4.79 Å². The molecular formula is C12H25N3O2. The van der Waals surface area contributed by atoms with Crippen molar-refractivity contribution in [2.45, 2.75) is 38.3 Å². The van der Waals surface area contributed by atoms with Gasteiger partial charge in [0, 0.05) is 19.6 Å². The van der Waals surface area contributed by atoms with E-state index in [0.717, 1.165) is 19.4 Å². The average molecular weight is 243 g/mol. The number of likely N-dealkylation sites (N-methyl/N-ethyl adjacent to an activating group) is 1. The van der Waals surface area contributed by atoms with Gasteiger partial charge in [-0.2, -0.15) is 0 Å². The van der Waals surface area contributed by atoms with Crippen molar-refractivity contribution in [3.8, 4) is 0 Å². The first-order valence-corrected chi connectivity index (χ1v) is 6.39. The topological polar surface area (TPSA) is 64.6 Å². The molecule has 0 aromatic heterocycles. The van der Waals surface area contributed by atoms with Crippen LogP contribution in [0.3, 0.4) is 0 Å². The lowest BCUT2D eigenvalue weighted by molar-refractivity contribution is -0.126. The number of nitrogens with zero attached hydrogens (tertiary/aromatic N) is 1. The highest BCUT2D eigenvalue weighted by atomic mass is 16.3. The Hall–Kier alpha value is -0.650. The van der Waals surface area contributed by atoms with Gasteiger partial charge in [0.05, 0.1) is 11.6 Å². The van der Waals surface area contributed by atoms with Gasteiger partial charge in [0.15, 0.2) is 0 Å². The summed E-state index contributed by atoms with van der Waals surface area (Å²) in [7, 11) is 1.88. The maximum Gasteiger partial charge on any atom is 0.237 e. The number of carbonyl (C=O) groups is 1. The molecule has 0 aromatic rings. The van der Waals surface area contributed by atoms with Gasteiger partial charge >= 0.3 is 0 Å². The molecule has 0 bridgehead atoms. The summed E-state index contributed by atoms with van der Waals surface area (Å²) >= 11 is 0. The molecule has 3 N–H and O–H groups in total. The Bertz CT molecular complexity index is 252. The average Bonchev–Trinajstić information content (AvgIpc) is 2.71. The molecule has 0 radical (unpaired) electrons. The van der Waals surface area contributed by atoms with Crippen LogP contribution < -0.4 is 10.6 Å². The normalized spacial score (nSPS) is 26.2. The third kappa shape index (κ3) is 4.26. The highest BCUT2D eigenvalue weighted by Crippen LogP contribution is 2.16. The Morgan fingerprint density at radius 1 is 1.65 bits per heavy atom. The zero-order valence-electron chi connectivity index (χ0n) is 11.1. The van der Waals surface area contributed by atoms with Crippen LogP contribution in [0, 0.1) is 0 Å². The molecule has 1 fully saturated rings. The summed E-state index contributed by atoms with van der Waals surface area (Å²) in [6.45, 7) is 6.60. The molecule has 0 saturated carbocycles. The van der Waals surface area contributed by atoms with Gasteiger partial charge in [-0.05, 0) is 33.4 Å². The minimum Gasteiger partial charge on any atom is -0.387 e. The van der Waals surface area contributed by atoms with Gasteiger partial charge in [-0.15, -0.1) is 0 Å². The third-order valence-electron chi connectivity index (χ3n) is 3.35. The van der Waals surface area contributed by atoms with Crippen LogP contribution in [0.2, 0.25) is 0 Å². The summed E-state index contributed by atoms with van der Waals surface area (Å²) in [5, 5.41) is 16.2. The minimum absolute atomic E-state index is 0.0314. The number of carbonyl (C=O) groups excluding carboxylic acids is 1. The number of nitrogens with one attached hydrogen (secondary N) is 2. The van der Waals surface area contributed by atoms with Crippen LogP contribution in [0.4, 0.5) is 0 Å². The van der Waals surface area contributed by atoms with E-state index < -0.39 is 5.60 Å². The molecule has 1 aliphatic heterocycles. The van der Waals surface area contributed by atoms with Crippen molar-refractivity contribution in [2.75, 3.05) is 33.2 Å². The zero-order chi connectivity index (χ0) is 12.9. The SMILES string of the molecule is CCCNC(=O)C(C)N(C)CC1(O)CCNC1. The Balaban J connectivity index is 2.40. The van der Waals surface area contributed by atoms with Gasteiger partial charge in [0.1, 0.15) is 0 Å². The first-order chi connectivity index (χ1) is 7.98. The fraction of sp³-hybridized carbons (Fsp3) is 0.917. The molecule has 1 amide bonds. The van der Waals surface area contributed by atoms with Crippen LogP contribution in [-0.4, -0.2) is 60.8 Å². The molecule has 17 heavy (non-hydrogen) atoms. The lowest BCUT2D eigenvalue weighted by atomic mass is 10.0. The first-order valence-electron chi connectivity index (χ1n) is 6.39. The Kier molecular flexibility index (Phi) is 5.36. The molecule has 2 unspecified atom stereocenters. The number of aliphatic hydroxyl groups is 1. The summed E-state index contributed by atoms with van der Waals surface area (Å²) in [6.07, 6.45) is 1.69. The van der Waals surface area contributed by atoms with Gasteiger partial charge in [-0.3, -0.25) is 9.69 Å². The van der Waals surface area contributed by atoms with E-state index in [9.17, 15) is 9.90 Å². The van der Waals surface area contributed by atoms with E-state index in [0.29, 0.717) is 19.6 Å². The first kappa shape index (κ1) is 14.4. The predicted octanol–water partition coefficient (Wildman–Crippen LogP) is -0.443. The van der Waals surface area contributed by atoms with Gasteiger partial charge in [0.25, 0.3) is 0 Å². The summed E-state index contributed by atoms with van der Waals surface area (Å²) < 4.78 is 0. The molecule has 5 nitrogen and oxygen atoms in total. The van der Waals surface area contributed by atoms with E-state index >= 15 is 0 Å². The monoisotopic (exact) mass is 243 g/mol. The second kappa shape index (κ2) is 6.33. The summed E-state index contributed by atoms with van der Waals surface area (Å²) in [4.78, 5) is 13.7. The number of rotatable bonds is 6. The highest BCUT2D eigenvalue weighted by molar-refractivity contribution is 5.81. The molecule has 0 spiro atoms. The van der Waals surface area contributed by atoms with Crippen LogP contribution in [0.25, 0.3) is 0 Å². The lowest BCUT2D eigenvalue weighted by Gasteiger charge is -2.31. The largest absolute Gasteiger partial charge is 0.387 e. The smallest absolute Gasteiger partial charge is 0.237 e. The van der Waals surface area contributed by atoms with Crippen LogP contribution in [0.5, 0.6) is 0 Å². The number of β-amino-alcohol motifs (C(OH)–C–C–N with tert-alkyl or cyclic N) is 1. The van der Waals surface area contributed by atoms with Crippen molar-refractivity contribution in [3.05, 3.63) is 0 Å². The Morgan fingerprint density at radius 3 is 2.88 bits per heavy atom. The summed E-state index contributed by atoms with van der Waals surface area (Å²) in [6, 6.07) is -0.203. The third-order valence-corrected chi connectivity index (χ3v) is 3.35. The van der Waals surface area contributed by atoms with Gasteiger partial charge in [0.2, 0.25) is 5.91 Å². The van der Waals surface area contributed by atoms with Crippen molar-refractivity contribution in [2.24, 2.45) is 0 Å². The minimum atomic E-state index is -0.686. The molecule has 100 valence electrons. The molecule has 0 aliphatic carbocycles. The van der Waals surface area contributed by atoms with Crippen molar-refractivity contribution in [3.63, 3.8) is 0 Å². The van der Waals surface area contributed by atoms with Crippen molar-refractivity contribution >= 4 is 5.91 Å². The molecule has 1 heterocycles. The van der Waals surface area contributed by atoms with E-state index in [2.05, 4.69) is 10.6 Å². The molecule has 2 atom stereocenters. The second-order valence-electron chi connectivity index (χ2n) is 5.03. The maximum atomic E-state index is 11.8. The van der Waals surface area contributed by atoms with Crippen LogP contribution in [0.15, 0.2) is 0 Å². The van der Waals surface area contributed by atoms with Crippen molar-refractivity contribution in [1.82, 2.24) is 15.5 Å². The fourth-order valence-electron chi connectivity index (χ4n) is 2.06. The predicted molar refractivity (Wildman–Crippen MR) is 67.8 cm³/mol. The number of hydrogen-bond donors (Lipinski definition) is 3. The number of hydrogen-bond acceptors (Lipinski definition) is 4. The van der Waals surface area contributed by atoms with E-state index in [4.69, 9.17) is 0 Å². The maximum absolute atomic E-state index is 11.8. The van der Waals surface area contributed by atoms with E-state index in [1.165, 1.54) is 0 Å². The molecule has 1 rings (SSSR count). The van der Waals surface area contributed by atoms with E-state index in [1.54, 1.807) is 0 Å². The highest BCUT2D eigenvalue weighted by Gasteiger charge is 2.34. The summed E-state index contributed by atoms with van der Waals surface area (Å²) in [5.74, 6) is 0.0314. The van der Waals surface area contributed by atoms with Gasteiger partial charge in [-0.25, -0.2) is 0 Å². The summed E-state index contributed by atoms with van der Waals surface area (Å²) in [5.41, 5.74) is -0.686. The molecule has 1 aliphatic rings. The van der Waals surface area contributed by atoms with E-state index in [-0.39, 0.29) is 11.9 Å². The Morgan fingerprint density at radius 2 is 2.35 bits per heavy atom. The van der Waals surface area contributed by atoms with Gasteiger partial charge < -0.3 is 15.7 Å². The van der Waals surface area contributed by atoms with Crippen molar-refractivity contribution in [1.29, 1.82) is 0 Å². The molecular weight excluding hydrogens is 218 g/mol. The second-order valence-corrected chi connectivity index (χ2v) is 5.03. The quantitative estimate of drug-likeness (QED) is 0.592. The zero-order valence-corrected chi connectivity index (χ0v) is 11.1. The lowest BCUT2D eigenvalue weighted by Crippen LogP contribution is -2.50. The van der Waals surface area contributed by atoms with Crippen molar-refractivity contribution < 1.29 is 9.90 Å². The number of amides is 1. The Labute approximate surface area is 104 Å². The molecule has 0 aromatic carbocycles. The standard InChI is InChI=1S/C12H25N3O2/c1-4-6-14-11(16)10(2)15(3)9-12(17)5-7-13-8-12/h10,13,17H,4-9H2,1-3H3,(H,14,16). The fourth-order valence-corrected chi connectivity index (χ4v) is 2.06. The van der Waals surface area contributed by atoms with Crippen LogP contribution in [0.1, 0.15) is 26.7 Å². The van der Waals surface area contributed by atoms with Gasteiger partial charge in [-0.1, -0.05) is 6.92 Å².